The topological polar surface area (TPSA) is 79.2 Å². The zero-order valence-electron chi connectivity index (χ0n) is 9.80. The standard InChI is InChI=1S/C12H14N2O3S/c13-8-10-4-1-2-6-12(10)18(15,16)14-11-5-3-7-17-9-11/h1-2,4,6,11,14H,3,5,7,9H2. The van der Waals surface area contributed by atoms with E-state index < -0.39 is 10.0 Å². The minimum absolute atomic E-state index is 0.0260. The first-order chi connectivity index (χ1) is 8.63. The SMILES string of the molecule is N#Cc1ccccc1S(=O)(=O)NC1CCCOC1. The summed E-state index contributed by atoms with van der Waals surface area (Å²) < 4.78 is 32.1. The van der Waals surface area contributed by atoms with Gasteiger partial charge in [0, 0.05) is 12.6 Å². The van der Waals surface area contributed by atoms with Crippen molar-refractivity contribution < 1.29 is 13.2 Å². The van der Waals surface area contributed by atoms with Gasteiger partial charge in [-0.1, -0.05) is 12.1 Å². The van der Waals surface area contributed by atoms with E-state index in [2.05, 4.69) is 4.72 Å². The van der Waals surface area contributed by atoms with Crippen LogP contribution in [-0.4, -0.2) is 27.7 Å². The van der Waals surface area contributed by atoms with E-state index >= 15 is 0 Å². The molecule has 1 aliphatic heterocycles. The molecule has 0 radical (unpaired) electrons. The number of hydrogen-bond donors (Lipinski definition) is 1. The summed E-state index contributed by atoms with van der Waals surface area (Å²) in [6.07, 6.45) is 1.60. The molecular formula is C12H14N2O3S. The van der Waals surface area contributed by atoms with Crippen molar-refractivity contribution >= 4 is 10.0 Å². The van der Waals surface area contributed by atoms with Crippen LogP contribution in [0.15, 0.2) is 29.2 Å². The van der Waals surface area contributed by atoms with Crippen LogP contribution in [0, 0.1) is 11.3 Å². The number of nitrogens with zero attached hydrogens (tertiary/aromatic N) is 1. The first-order valence-corrected chi connectivity index (χ1v) is 7.21. The third kappa shape index (κ3) is 2.88. The highest BCUT2D eigenvalue weighted by atomic mass is 32.2. The minimum atomic E-state index is -3.66. The molecule has 0 bridgehead atoms. The van der Waals surface area contributed by atoms with Gasteiger partial charge in [0.1, 0.15) is 6.07 Å². The van der Waals surface area contributed by atoms with Crippen LogP contribution in [0.2, 0.25) is 0 Å². The first kappa shape index (κ1) is 13.0. The molecule has 1 aromatic rings. The van der Waals surface area contributed by atoms with Gasteiger partial charge in [-0.15, -0.1) is 0 Å². The van der Waals surface area contributed by atoms with Crippen LogP contribution in [0.25, 0.3) is 0 Å². The molecule has 1 aliphatic rings. The van der Waals surface area contributed by atoms with Gasteiger partial charge in [-0.25, -0.2) is 13.1 Å². The number of sulfonamides is 1. The Labute approximate surface area is 106 Å². The summed E-state index contributed by atoms with van der Waals surface area (Å²) in [6.45, 7) is 1.06. The molecule has 0 aromatic heterocycles. The van der Waals surface area contributed by atoms with E-state index in [4.69, 9.17) is 10.00 Å². The molecule has 1 aromatic carbocycles. The average molecular weight is 266 g/mol. The maximum absolute atomic E-state index is 12.2. The number of rotatable bonds is 3. The summed E-state index contributed by atoms with van der Waals surface area (Å²) in [5.74, 6) is 0. The monoisotopic (exact) mass is 266 g/mol. The maximum Gasteiger partial charge on any atom is 0.242 e. The second kappa shape index (κ2) is 5.48. The van der Waals surface area contributed by atoms with E-state index in [0.717, 1.165) is 12.8 Å². The number of hydrogen-bond acceptors (Lipinski definition) is 4. The average Bonchev–Trinajstić information content (AvgIpc) is 2.39. The smallest absolute Gasteiger partial charge is 0.242 e. The van der Waals surface area contributed by atoms with E-state index in [1.807, 2.05) is 6.07 Å². The Hall–Kier alpha value is -1.42. The molecule has 1 fully saturated rings. The fourth-order valence-electron chi connectivity index (χ4n) is 1.91. The van der Waals surface area contributed by atoms with Crippen molar-refractivity contribution in [1.29, 1.82) is 5.26 Å². The second-order valence-electron chi connectivity index (χ2n) is 4.14. The molecule has 1 unspecified atom stereocenters. The Morgan fingerprint density at radius 3 is 2.83 bits per heavy atom. The summed E-state index contributed by atoms with van der Waals surface area (Å²) in [7, 11) is -3.66. The summed E-state index contributed by atoms with van der Waals surface area (Å²) in [4.78, 5) is 0.0260. The van der Waals surface area contributed by atoms with Crippen molar-refractivity contribution in [2.24, 2.45) is 0 Å². The highest BCUT2D eigenvalue weighted by Crippen LogP contribution is 2.16. The number of benzene rings is 1. The van der Waals surface area contributed by atoms with Crippen molar-refractivity contribution in [3.05, 3.63) is 29.8 Å². The summed E-state index contributed by atoms with van der Waals surface area (Å²) in [5.41, 5.74) is 0.154. The molecule has 0 spiro atoms. The van der Waals surface area contributed by atoms with Gasteiger partial charge >= 0.3 is 0 Å². The van der Waals surface area contributed by atoms with E-state index in [-0.39, 0.29) is 16.5 Å². The molecule has 1 N–H and O–H groups in total. The van der Waals surface area contributed by atoms with Crippen molar-refractivity contribution in [2.45, 2.75) is 23.8 Å². The van der Waals surface area contributed by atoms with E-state index in [1.54, 1.807) is 12.1 Å². The molecule has 0 saturated carbocycles. The lowest BCUT2D eigenvalue weighted by molar-refractivity contribution is 0.0774. The quantitative estimate of drug-likeness (QED) is 0.885. The molecule has 0 aliphatic carbocycles. The van der Waals surface area contributed by atoms with Gasteiger partial charge in [-0.2, -0.15) is 5.26 Å². The molecule has 5 nitrogen and oxygen atoms in total. The normalized spacial score (nSPS) is 20.3. The van der Waals surface area contributed by atoms with E-state index in [9.17, 15) is 8.42 Å². The van der Waals surface area contributed by atoms with Crippen molar-refractivity contribution in [3.63, 3.8) is 0 Å². The van der Waals surface area contributed by atoms with Crippen LogP contribution < -0.4 is 4.72 Å². The van der Waals surface area contributed by atoms with E-state index in [1.165, 1.54) is 12.1 Å². The predicted octanol–water partition coefficient (Wildman–Crippen LogP) is 1.02. The Kier molecular flexibility index (Phi) is 3.97. The second-order valence-corrected chi connectivity index (χ2v) is 5.83. The fourth-order valence-corrected chi connectivity index (χ4v) is 3.32. The lowest BCUT2D eigenvalue weighted by Crippen LogP contribution is -2.40. The zero-order valence-corrected chi connectivity index (χ0v) is 10.6. The van der Waals surface area contributed by atoms with Gasteiger partial charge in [-0.05, 0) is 25.0 Å². The zero-order chi connectivity index (χ0) is 13.0. The van der Waals surface area contributed by atoms with Gasteiger partial charge in [0.25, 0.3) is 0 Å². The van der Waals surface area contributed by atoms with Gasteiger partial charge in [0.2, 0.25) is 10.0 Å². The molecule has 96 valence electrons. The number of nitriles is 1. The molecular weight excluding hydrogens is 252 g/mol. The molecule has 1 atom stereocenters. The van der Waals surface area contributed by atoms with Crippen LogP contribution in [0.1, 0.15) is 18.4 Å². The predicted molar refractivity (Wildman–Crippen MR) is 65.3 cm³/mol. The number of nitrogens with one attached hydrogen (secondary N) is 1. The molecule has 2 rings (SSSR count). The molecule has 0 amide bonds. The highest BCUT2D eigenvalue weighted by Gasteiger charge is 2.24. The van der Waals surface area contributed by atoms with Crippen molar-refractivity contribution in [2.75, 3.05) is 13.2 Å². The lowest BCUT2D eigenvalue weighted by Gasteiger charge is -2.23. The first-order valence-electron chi connectivity index (χ1n) is 5.73. The Balaban J connectivity index is 2.22. The van der Waals surface area contributed by atoms with Gasteiger partial charge in [0.15, 0.2) is 0 Å². The van der Waals surface area contributed by atoms with Crippen molar-refractivity contribution in [3.8, 4) is 6.07 Å². The van der Waals surface area contributed by atoms with Crippen LogP contribution in [0.3, 0.4) is 0 Å². The van der Waals surface area contributed by atoms with Gasteiger partial charge in [-0.3, -0.25) is 0 Å². The Morgan fingerprint density at radius 2 is 2.17 bits per heavy atom. The van der Waals surface area contributed by atoms with Gasteiger partial charge < -0.3 is 4.74 Å². The Bertz CT molecular complexity index is 557. The van der Waals surface area contributed by atoms with Crippen LogP contribution in [0.5, 0.6) is 0 Å². The number of ether oxygens (including phenoxy) is 1. The minimum Gasteiger partial charge on any atom is -0.380 e. The fraction of sp³-hybridized carbons (Fsp3) is 0.417. The van der Waals surface area contributed by atoms with Crippen LogP contribution in [0.4, 0.5) is 0 Å². The van der Waals surface area contributed by atoms with Crippen LogP contribution in [-0.2, 0) is 14.8 Å². The summed E-state index contributed by atoms with van der Waals surface area (Å²) in [6, 6.07) is 7.85. The third-order valence-electron chi connectivity index (χ3n) is 2.78. The van der Waals surface area contributed by atoms with Crippen LogP contribution >= 0.6 is 0 Å². The highest BCUT2D eigenvalue weighted by molar-refractivity contribution is 7.89. The Morgan fingerprint density at radius 1 is 1.39 bits per heavy atom. The summed E-state index contributed by atoms with van der Waals surface area (Å²) in [5, 5.41) is 8.92. The largest absolute Gasteiger partial charge is 0.380 e. The molecule has 18 heavy (non-hydrogen) atoms. The summed E-state index contributed by atoms with van der Waals surface area (Å²) >= 11 is 0. The molecule has 1 saturated heterocycles. The third-order valence-corrected chi connectivity index (χ3v) is 4.36. The van der Waals surface area contributed by atoms with Crippen molar-refractivity contribution in [1.82, 2.24) is 4.72 Å². The van der Waals surface area contributed by atoms with Gasteiger partial charge in [0.05, 0.1) is 17.1 Å². The van der Waals surface area contributed by atoms with E-state index in [0.29, 0.717) is 13.2 Å². The maximum atomic E-state index is 12.2. The molecule has 6 heteroatoms. The lowest BCUT2D eigenvalue weighted by atomic mass is 10.1. The molecule has 1 heterocycles.